The predicted octanol–water partition coefficient (Wildman–Crippen LogP) is 1.94. The van der Waals surface area contributed by atoms with Gasteiger partial charge in [0.05, 0.1) is 16.3 Å². The highest BCUT2D eigenvalue weighted by molar-refractivity contribution is 7.97. The molecule has 2 aromatic rings. The average Bonchev–Trinajstić information content (AvgIpc) is 2.63. The second-order valence-corrected chi connectivity index (χ2v) is 4.40. The van der Waals surface area contributed by atoms with Gasteiger partial charge in [0.15, 0.2) is 5.65 Å². The Kier molecular flexibility index (Phi) is 3.02. The standard InChI is InChI=1S/C9H8ClN3O2S/c1-16-4-7-11-12-8-6(10)2-5(9(14)15)3-13(7)8/h2-3H,4H2,1H3,(H,14,15). The van der Waals surface area contributed by atoms with Crippen LogP contribution in [-0.4, -0.2) is 31.9 Å². The molecule has 5 nitrogen and oxygen atoms in total. The number of nitrogens with zero attached hydrogens (tertiary/aromatic N) is 3. The predicted molar refractivity (Wildman–Crippen MR) is 62.2 cm³/mol. The third kappa shape index (κ3) is 1.85. The van der Waals surface area contributed by atoms with Crippen LogP contribution in [0.5, 0.6) is 0 Å². The van der Waals surface area contributed by atoms with Crippen molar-refractivity contribution in [3.63, 3.8) is 0 Å². The van der Waals surface area contributed by atoms with E-state index in [0.29, 0.717) is 22.2 Å². The van der Waals surface area contributed by atoms with Crippen molar-refractivity contribution in [3.8, 4) is 0 Å². The van der Waals surface area contributed by atoms with Crippen molar-refractivity contribution in [1.82, 2.24) is 14.6 Å². The van der Waals surface area contributed by atoms with E-state index in [4.69, 9.17) is 16.7 Å². The number of pyridine rings is 1. The first kappa shape index (κ1) is 11.2. The summed E-state index contributed by atoms with van der Waals surface area (Å²) in [7, 11) is 0. The lowest BCUT2D eigenvalue weighted by Crippen LogP contribution is -2.01. The highest BCUT2D eigenvalue weighted by atomic mass is 35.5. The molecule has 2 rings (SSSR count). The zero-order valence-electron chi connectivity index (χ0n) is 8.35. The number of carboxylic acids is 1. The first-order valence-electron chi connectivity index (χ1n) is 4.39. The van der Waals surface area contributed by atoms with Crippen molar-refractivity contribution < 1.29 is 9.90 Å². The van der Waals surface area contributed by atoms with E-state index < -0.39 is 5.97 Å². The largest absolute Gasteiger partial charge is 0.478 e. The van der Waals surface area contributed by atoms with Crippen LogP contribution in [0.25, 0.3) is 5.65 Å². The minimum absolute atomic E-state index is 0.125. The lowest BCUT2D eigenvalue weighted by Gasteiger charge is -2.01. The lowest BCUT2D eigenvalue weighted by atomic mass is 10.3. The summed E-state index contributed by atoms with van der Waals surface area (Å²) in [5, 5.41) is 17.1. The van der Waals surface area contributed by atoms with Crippen LogP contribution >= 0.6 is 23.4 Å². The van der Waals surface area contributed by atoms with Crippen LogP contribution in [0.2, 0.25) is 5.02 Å². The van der Waals surface area contributed by atoms with Crippen molar-refractivity contribution in [2.24, 2.45) is 0 Å². The third-order valence-electron chi connectivity index (χ3n) is 2.05. The first-order valence-corrected chi connectivity index (χ1v) is 6.16. The second kappa shape index (κ2) is 4.31. The number of halogens is 1. The van der Waals surface area contributed by atoms with E-state index in [1.807, 2.05) is 6.26 Å². The first-order chi connectivity index (χ1) is 7.63. The van der Waals surface area contributed by atoms with E-state index in [1.165, 1.54) is 12.3 Å². The number of aromatic carboxylic acids is 1. The summed E-state index contributed by atoms with van der Waals surface area (Å²) in [5.74, 6) is 0.320. The fourth-order valence-corrected chi connectivity index (χ4v) is 2.05. The molecule has 0 saturated heterocycles. The van der Waals surface area contributed by atoms with Crippen LogP contribution in [0.4, 0.5) is 0 Å². The molecule has 0 bridgehead atoms. The molecule has 0 saturated carbocycles. The smallest absolute Gasteiger partial charge is 0.337 e. The fourth-order valence-electron chi connectivity index (χ4n) is 1.34. The van der Waals surface area contributed by atoms with Crippen LogP contribution in [0, 0.1) is 0 Å². The molecule has 0 unspecified atom stereocenters. The van der Waals surface area contributed by atoms with Gasteiger partial charge in [-0.3, -0.25) is 4.40 Å². The molecule has 1 N–H and O–H groups in total. The van der Waals surface area contributed by atoms with Crippen molar-refractivity contribution in [1.29, 1.82) is 0 Å². The highest BCUT2D eigenvalue weighted by Gasteiger charge is 2.12. The van der Waals surface area contributed by atoms with Gasteiger partial charge in [-0.1, -0.05) is 11.6 Å². The van der Waals surface area contributed by atoms with Gasteiger partial charge in [0.2, 0.25) is 0 Å². The summed E-state index contributed by atoms with van der Waals surface area (Å²) in [5.41, 5.74) is 0.607. The molecule has 0 aliphatic carbocycles. The van der Waals surface area contributed by atoms with Crippen LogP contribution in [0.3, 0.4) is 0 Å². The van der Waals surface area contributed by atoms with E-state index in [0.717, 1.165) is 0 Å². The summed E-state index contributed by atoms with van der Waals surface area (Å²) >= 11 is 7.51. The molecule has 0 radical (unpaired) electrons. The molecule has 2 heterocycles. The van der Waals surface area contributed by atoms with Crippen molar-refractivity contribution in [2.45, 2.75) is 5.75 Å². The average molecular weight is 258 g/mol. The van der Waals surface area contributed by atoms with Gasteiger partial charge in [0, 0.05) is 6.20 Å². The van der Waals surface area contributed by atoms with Gasteiger partial charge >= 0.3 is 5.97 Å². The maximum atomic E-state index is 10.9. The van der Waals surface area contributed by atoms with E-state index in [1.54, 1.807) is 16.2 Å². The van der Waals surface area contributed by atoms with Gasteiger partial charge in [-0.2, -0.15) is 11.8 Å². The number of rotatable bonds is 3. The SMILES string of the molecule is CSCc1nnc2c(Cl)cc(C(=O)O)cn12. The molecule has 7 heteroatoms. The number of hydrogen-bond donors (Lipinski definition) is 1. The van der Waals surface area contributed by atoms with Gasteiger partial charge in [-0.25, -0.2) is 4.79 Å². The molecule has 2 aromatic heterocycles. The van der Waals surface area contributed by atoms with E-state index in [-0.39, 0.29) is 5.56 Å². The van der Waals surface area contributed by atoms with Gasteiger partial charge in [-0.05, 0) is 12.3 Å². The number of carbonyl (C=O) groups is 1. The fraction of sp³-hybridized carbons (Fsp3) is 0.222. The number of carboxylic acid groups (broad SMARTS) is 1. The maximum Gasteiger partial charge on any atom is 0.337 e. The van der Waals surface area contributed by atoms with Crippen LogP contribution in [0.1, 0.15) is 16.2 Å². The summed E-state index contributed by atoms with van der Waals surface area (Å²) in [6.07, 6.45) is 3.42. The zero-order valence-corrected chi connectivity index (χ0v) is 9.92. The molecule has 0 aliphatic heterocycles. The quantitative estimate of drug-likeness (QED) is 0.910. The molecule has 0 atom stereocenters. The Morgan fingerprint density at radius 1 is 1.62 bits per heavy atom. The summed E-state index contributed by atoms with van der Waals surface area (Å²) in [4.78, 5) is 10.9. The molecular formula is C9H8ClN3O2S. The second-order valence-electron chi connectivity index (χ2n) is 3.12. The minimum atomic E-state index is -1.02. The third-order valence-corrected chi connectivity index (χ3v) is 2.88. The Morgan fingerprint density at radius 2 is 2.38 bits per heavy atom. The molecule has 0 amide bonds. The summed E-state index contributed by atoms with van der Waals surface area (Å²) in [6.45, 7) is 0. The van der Waals surface area contributed by atoms with Crippen LogP contribution in [0.15, 0.2) is 12.3 Å². The Morgan fingerprint density at radius 3 is 3.00 bits per heavy atom. The van der Waals surface area contributed by atoms with Gasteiger partial charge < -0.3 is 5.11 Å². The maximum absolute atomic E-state index is 10.9. The van der Waals surface area contributed by atoms with Crippen molar-refractivity contribution in [2.75, 3.05) is 6.26 Å². The van der Waals surface area contributed by atoms with Gasteiger partial charge in [-0.15, -0.1) is 10.2 Å². The number of fused-ring (bicyclic) bond motifs is 1. The molecular weight excluding hydrogens is 250 g/mol. The molecule has 0 aliphatic rings. The number of hydrogen-bond acceptors (Lipinski definition) is 4. The number of aromatic nitrogens is 3. The Bertz CT molecular complexity index is 555. The van der Waals surface area contributed by atoms with E-state index in [9.17, 15) is 4.79 Å². The molecule has 0 aromatic carbocycles. The number of thioether (sulfide) groups is 1. The minimum Gasteiger partial charge on any atom is -0.478 e. The Balaban J connectivity index is 2.66. The lowest BCUT2D eigenvalue weighted by molar-refractivity contribution is 0.0696. The van der Waals surface area contributed by atoms with Crippen molar-refractivity contribution >= 4 is 35.0 Å². The molecule has 84 valence electrons. The van der Waals surface area contributed by atoms with Gasteiger partial charge in [0.1, 0.15) is 5.82 Å². The summed E-state index contributed by atoms with van der Waals surface area (Å²) < 4.78 is 1.61. The molecule has 0 spiro atoms. The Hall–Kier alpha value is -1.27. The topological polar surface area (TPSA) is 67.5 Å². The molecule has 16 heavy (non-hydrogen) atoms. The normalized spacial score (nSPS) is 10.9. The zero-order chi connectivity index (χ0) is 11.7. The van der Waals surface area contributed by atoms with Crippen LogP contribution in [-0.2, 0) is 5.75 Å². The summed E-state index contributed by atoms with van der Waals surface area (Å²) in [6, 6.07) is 1.37. The monoisotopic (exact) mass is 257 g/mol. The molecule has 0 fully saturated rings. The van der Waals surface area contributed by atoms with Crippen molar-refractivity contribution in [3.05, 3.63) is 28.7 Å². The highest BCUT2D eigenvalue weighted by Crippen LogP contribution is 2.20. The van der Waals surface area contributed by atoms with Crippen LogP contribution < -0.4 is 0 Å². The van der Waals surface area contributed by atoms with Gasteiger partial charge in [0.25, 0.3) is 0 Å². The van der Waals surface area contributed by atoms with E-state index >= 15 is 0 Å². The van der Waals surface area contributed by atoms with E-state index in [2.05, 4.69) is 10.2 Å². The Labute approximate surface area is 100 Å².